The number of nitrogens with one attached hydrogen (secondary N) is 1. The van der Waals surface area contributed by atoms with Crippen LogP contribution >= 0.6 is 27.3 Å². The molecule has 0 radical (unpaired) electrons. The SMILES string of the molecule is Cc1cc(-c2cc(CNC(C)C)cs2)ccc1Br. The van der Waals surface area contributed by atoms with E-state index < -0.39 is 0 Å². The highest BCUT2D eigenvalue weighted by Crippen LogP contribution is 2.30. The second kappa shape index (κ2) is 6.00. The van der Waals surface area contributed by atoms with Gasteiger partial charge in [-0.3, -0.25) is 0 Å². The van der Waals surface area contributed by atoms with Crippen LogP contribution in [-0.2, 0) is 6.54 Å². The van der Waals surface area contributed by atoms with E-state index in [2.05, 4.69) is 71.7 Å². The summed E-state index contributed by atoms with van der Waals surface area (Å²) in [5.74, 6) is 0. The zero-order valence-electron chi connectivity index (χ0n) is 11.0. The van der Waals surface area contributed by atoms with Gasteiger partial charge in [-0.25, -0.2) is 0 Å². The lowest BCUT2D eigenvalue weighted by molar-refractivity contribution is 0.590. The van der Waals surface area contributed by atoms with Crippen LogP contribution in [0, 0.1) is 6.92 Å². The Morgan fingerprint density at radius 3 is 2.72 bits per heavy atom. The maximum Gasteiger partial charge on any atom is 0.0346 e. The Bertz CT molecular complexity index is 531. The highest BCUT2D eigenvalue weighted by Gasteiger charge is 2.04. The van der Waals surface area contributed by atoms with Crippen molar-refractivity contribution >= 4 is 27.3 Å². The van der Waals surface area contributed by atoms with Crippen LogP contribution in [0.25, 0.3) is 10.4 Å². The van der Waals surface area contributed by atoms with Crippen molar-refractivity contribution in [2.75, 3.05) is 0 Å². The number of aryl methyl sites for hydroxylation is 1. The van der Waals surface area contributed by atoms with Gasteiger partial charge in [0.1, 0.15) is 0 Å². The maximum absolute atomic E-state index is 3.54. The standard InChI is InChI=1S/C15H18BrNS/c1-10(2)17-8-12-7-15(18-9-12)13-4-5-14(16)11(3)6-13/h4-7,9-10,17H,8H2,1-3H3. The van der Waals surface area contributed by atoms with E-state index in [-0.39, 0.29) is 0 Å². The minimum absolute atomic E-state index is 0.531. The summed E-state index contributed by atoms with van der Waals surface area (Å²) in [6, 6.07) is 9.33. The first-order valence-corrected chi connectivity index (χ1v) is 7.81. The monoisotopic (exact) mass is 323 g/mol. The summed E-state index contributed by atoms with van der Waals surface area (Å²) in [5.41, 5.74) is 3.95. The van der Waals surface area contributed by atoms with Gasteiger partial charge in [0.15, 0.2) is 0 Å². The third-order valence-electron chi connectivity index (χ3n) is 2.81. The molecule has 3 heteroatoms. The lowest BCUT2D eigenvalue weighted by Gasteiger charge is -2.05. The first-order chi connectivity index (χ1) is 8.56. The Balaban J connectivity index is 2.16. The fourth-order valence-electron chi connectivity index (χ4n) is 1.74. The molecule has 96 valence electrons. The first-order valence-electron chi connectivity index (χ1n) is 6.13. The van der Waals surface area contributed by atoms with Crippen LogP contribution in [0.1, 0.15) is 25.0 Å². The van der Waals surface area contributed by atoms with Crippen LogP contribution in [0.5, 0.6) is 0 Å². The van der Waals surface area contributed by atoms with Gasteiger partial charge in [-0.15, -0.1) is 11.3 Å². The van der Waals surface area contributed by atoms with Crippen LogP contribution in [0.2, 0.25) is 0 Å². The number of hydrogen-bond donors (Lipinski definition) is 1. The van der Waals surface area contributed by atoms with Gasteiger partial charge in [-0.05, 0) is 47.2 Å². The molecule has 0 aliphatic carbocycles. The summed E-state index contributed by atoms with van der Waals surface area (Å²) in [4.78, 5) is 1.34. The number of hydrogen-bond acceptors (Lipinski definition) is 2. The van der Waals surface area contributed by atoms with Gasteiger partial charge in [-0.1, -0.05) is 35.8 Å². The van der Waals surface area contributed by atoms with Crippen molar-refractivity contribution in [1.29, 1.82) is 0 Å². The topological polar surface area (TPSA) is 12.0 Å². The summed E-state index contributed by atoms with van der Waals surface area (Å²) < 4.78 is 1.17. The second-order valence-corrected chi connectivity index (χ2v) is 6.58. The molecule has 0 saturated carbocycles. The van der Waals surface area contributed by atoms with Crippen molar-refractivity contribution in [3.05, 3.63) is 45.2 Å². The van der Waals surface area contributed by atoms with Crippen LogP contribution in [0.3, 0.4) is 0 Å². The molecule has 2 rings (SSSR count). The molecule has 0 saturated heterocycles. The summed E-state index contributed by atoms with van der Waals surface area (Å²) in [6.45, 7) is 7.42. The highest BCUT2D eigenvalue weighted by molar-refractivity contribution is 9.10. The van der Waals surface area contributed by atoms with Crippen LogP contribution in [0.4, 0.5) is 0 Å². The van der Waals surface area contributed by atoms with Crippen molar-refractivity contribution in [3.8, 4) is 10.4 Å². The van der Waals surface area contributed by atoms with Crippen molar-refractivity contribution in [2.45, 2.75) is 33.4 Å². The highest BCUT2D eigenvalue weighted by atomic mass is 79.9. The second-order valence-electron chi connectivity index (χ2n) is 4.82. The molecular formula is C15H18BrNS. The predicted molar refractivity (Wildman–Crippen MR) is 84.2 cm³/mol. The van der Waals surface area contributed by atoms with Crippen molar-refractivity contribution < 1.29 is 0 Å². The molecule has 2 aromatic rings. The normalized spacial score (nSPS) is 11.2. The summed E-state index contributed by atoms with van der Waals surface area (Å²) in [6.07, 6.45) is 0. The van der Waals surface area contributed by atoms with E-state index in [9.17, 15) is 0 Å². The van der Waals surface area contributed by atoms with Crippen LogP contribution in [0.15, 0.2) is 34.1 Å². The molecule has 0 amide bonds. The third-order valence-corrected chi connectivity index (χ3v) is 4.73. The van der Waals surface area contributed by atoms with Crippen molar-refractivity contribution in [2.24, 2.45) is 0 Å². The Morgan fingerprint density at radius 2 is 2.06 bits per heavy atom. The molecule has 0 aliphatic rings. The molecule has 0 unspecified atom stereocenters. The third kappa shape index (κ3) is 3.44. The minimum Gasteiger partial charge on any atom is -0.310 e. The molecule has 0 spiro atoms. The molecule has 1 aromatic carbocycles. The van der Waals surface area contributed by atoms with E-state index in [1.165, 1.54) is 26.0 Å². The Labute approximate surface area is 121 Å². The van der Waals surface area contributed by atoms with Gasteiger partial charge in [0, 0.05) is 21.9 Å². The molecule has 0 bridgehead atoms. The van der Waals surface area contributed by atoms with Gasteiger partial charge < -0.3 is 5.32 Å². The molecule has 0 atom stereocenters. The summed E-state index contributed by atoms with van der Waals surface area (Å²) in [5, 5.41) is 5.68. The molecular weight excluding hydrogens is 306 g/mol. The number of halogens is 1. The largest absolute Gasteiger partial charge is 0.310 e. The number of thiophene rings is 1. The van der Waals surface area contributed by atoms with Gasteiger partial charge >= 0.3 is 0 Å². The average molecular weight is 324 g/mol. The zero-order valence-corrected chi connectivity index (χ0v) is 13.4. The van der Waals surface area contributed by atoms with Crippen molar-refractivity contribution in [1.82, 2.24) is 5.32 Å². The van der Waals surface area contributed by atoms with E-state index in [1.54, 1.807) is 0 Å². The summed E-state index contributed by atoms with van der Waals surface area (Å²) >= 11 is 5.35. The van der Waals surface area contributed by atoms with Gasteiger partial charge in [0.05, 0.1) is 0 Å². The van der Waals surface area contributed by atoms with E-state index in [0.29, 0.717) is 6.04 Å². The van der Waals surface area contributed by atoms with Crippen LogP contribution < -0.4 is 5.32 Å². The molecule has 1 aromatic heterocycles. The molecule has 0 aliphatic heterocycles. The zero-order chi connectivity index (χ0) is 13.1. The van der Waals surface area contributed by atoms with E-state index in [1.807, 2.05) is 11.3 Å². The lowest BCUT2D eigenvalue weighted by Crippen LogP contribution is -2.21. The lowest BCUT2D eigenvalue weighted by atomic mass is 10.1. The maximum atomic E-state index is 3.54. The first kappa shape index (κ1) is 13.8. The molecule has 0 fully saturated rings. The average Bonchev–Trinajstić information content (AvgIpc) is 2.79. The Morgan fingerprint density at radius 1 is 1.28 bits per heavy atom. The van der Waals surface area contributed by atoms with E-state index in [4.69, 9.17) is 0 Å². The number of benzene rings is 1. The van der Waals surface area contributed by atoms with E-state index in [0.717, 1.165) is 6.54 Å². The fraction of sp³-hybridized carbons (Fsp3) is 0.333. The van der Waals surface area contributed by atoms with Gasteiger partial charge in [0.25, 0.3) is 0 Å². The Kier molecular flexibility index (Phi) is 4.60. The van der Waals surface area contributed by atoms with Gasteiger partial charge in [0.2, 0.25) is 0 Å². The molecule has 18 heavy (non-hydrogen) atoms. The van der Waals surface area contributed by atoms with Gasteiger partial charge in [-0.2, -0.15) is 0 Å². The smallest absolute Gasteiger partial charge is 0.0346 e. The predicted octanol–water partition coefficient (Wildman–Crippen LogP) is 4.98. The molecule has 1 N–H and O–H groups in total. The molecule has 1 heterocycles. The minimum atomic E-state index is 0.531. The van der Waals surface area contributed by atoms with Crippen molar-refractivity contribution in [3.63, 3.8) is 0 Å². The fourth-order valence-corrected chi connectivity index (χ4v) is 2.90. The van der Waals surface area contributed by atoms with Crippen LogP contribution in [-0.4, -0.2) is 6.04 Å². The Hall–Kier alpha value is -0.640. The number of rotatable bonds is 4. The summed E-state index contributed by atoms with van der Waals surface area (Å²) in [7, 11) is 0. The quantitative estimate of drug-likeness (QED) is 0.836. The van der Waals surface area contributed by atoms with E-state index >= 15 is 0 Å². The molecule has 1 nitrogen and oxygen atoms in total.